The molecule has 0 aromatic heterocycles. The molecule has 2 nitrogen and oxygen atoms in total. The van der Waals surface area contributed by atoms with Crippen molar-refractivity contribution in [3.63, 3.8) is 0 Å². The van der Waals surface area contributed by atoms with E-state index in [1.807, 2.05) is 0 Å². The van der Waals surface area contributed by atoms with E-state index in [-0.39, 0.29) is 0 Å². The molecule has 0 aromatic carbocycles. The summed E-state index contributed by atoms with van der Waals surface area (Å²) < 4.78 is 2.62. The molecule has 21 heavy (non-hydrogen) atoms. The van der Waals surface area contributed by atoms with Crippen LogP contribution in [-0.4, -0.2) is 61.8 Å². The van der Waals surface area contributed by atoms with E-state index in [9.17, 15) is 0 Å². The minimum Gasteiger partial charge on any atom is -0.326 e. The highest BCUT2D eigenvalue weighted by atomic mass is 15.4. The fourth-order valence-corrected chi connectivity index (χ4v) is 4.89. The summed E-state index contributed by atoms with van der Waals surface area (Å²) >= 11 is 0. The standard InChI is InChI=1S/C19H40N2/c1-6-20(4,7-2)14-10-11-17(3)21(5)15-18-12-8-9-13-19(18)16-21/h17-19H,6-16H2,1-5H3/q+2/t17-,18+,19+/m0/s1. The van der Waals surface area contributed by atoms with Crippen molar-refractivity contribution in [2.24, 2.45) is 11.8 Å². The van der Waals surface area contributed by atoms with Gasteiger partial charge in [-0.2, -0.15) is 0 Å². The second-order valence-electron chi connectivity index (χ2n) is 8.62. The summed E-state index contributed by atoms with van der Waals surface area (Å²) in [5.74, 6) is 2.11. The second kappa shape index (κ2) is 7.00. The van der Waals surface area contributed by atoms with Crippen LogP contribution in [0.3, 0.4) is 0 Å². The summed E-state index contributed by atoms with van der Waals surface area (Å²) in [5, 5.41) is 0. The van der Waals surface area contributed by atoms with E-state index >= 15 is 0 Å². The van der Waals surface area contributed by atoms with E-state index < -0.39 is 0 Å². The van der Waals surface area contributed by atoms with Gasteiger partial charge in [-0.05, 0) is 33.6 Å². The van der Waals surface area contributed by atoms with Gasteiger partial charge in [-0.25, -0.2) is 0 Å². The number of fused-ring (bicyclic) bond motifs is 1. The molecule has 2 heteroatoms. The predicted molar refractivity (Wildman–Crippen MR) is 92.2 cm³/mol. The molecule has 0 spiro atoms. The average molecular weight is 297 g/mol. The van der Waals surface area contributed by atoms with E-state index in [0.29, 0.717) is 0 Å². The number of hydrogen-bond donors (Lipinski definition) is 0. The van der Waals surface area contributed by atoms with Crippen molar-refractivity contribution in [3.05, 3.63) is 0 Å². The van der Waals surface area contributed by atoms with Crippen LogP contribution in [0.15, 0.2) is 0 Å². The maximum atomic E-state index is 2.55. The van der Waals surface area contributed by atoms with Crippen LogP contribution in [0.4, 0.5) is 0 Å². The lowest BCUT2D eigenvalue weighted by molar-refractivity contribution is -0.925. The van der Waals surface area contributed by atoms with E-state index in [1.165, 1.54) is 80.2 Å². The molecule has 1 saturated heterocycles. The molecule has 1 heterocycles. The van der Waals surface area contributed by atoms with Crippen LogP contribution < -0.4 is 0 Å². The minimum atomic E-state index is 0.859. The molecular formula is C19H40N2+2. The SMILES string of the molecule is CC[N+](C)(CC)CCC[C@H](C)[N+]1(C)C[C@H]2CCCC[C@@H]2C1. The summed E-state index contributed by atoms with van der Waals surface area (Å²) in [4.78, 5) is 0. The summed E-state index contributed by atoms with van der Waals surface area (Å²) in [6.07, 6.45) is 8.86. The number of nitrogens with zero attached hydrogens (tertiary/aromatic N) is 2. The van der Waals surface area contributed by atoms with Crippen LogP contribution in [0.2, 0.25) is 0 Å². The largest absolute Gasteiger partial charge is 0.326 e. The first kappa shape index (κ1) is 17.3. The van der Waals surface area contributed by atoms with Gasteiger partial charge in [-0.15, -0.1) is 0 Å². The fourth-order valence-electron chi connectivity index (χ4n) is 4.89. The fraction of sp³-hybridized carbons (Fsp3) is 1.00. The molecular weight excluding hydrogens is 256 g/mol. The van der Waals surface area contributed by atoms with Gasteiger partial charge in [0.2, 0.25) is 0 Å². The molecule has 0 N–H and O–H groups in total. The first-order valence-electron chi connectivity index (χ1n) is 9.60. The predicted octanol–water partition coefficient (Wildman–Crippen LogP) is 3.91. The Balaban J connectivity index is 1.81. The third-order valence-corrected chi connectivity index (χ3v) is 7.28. The summed E-state index contributed by atoms with van der Waals surface area (Å²) in [6, 6.07) is 0.859. The highest BCUT2D eigenvalue weighted by Gasteiger charge is 2.45. The molecule has 2 fully saturated rings. The average Bonchev–Trinajstić information content (AvgIpc) is 2.84. The van der Waals surface area contributed by atoms with Crippen LogP contribution in [0.5, 0.6) is 0 Å². The van der Waals surface area contributed by atoms with Gasteiger partial charge in [-0.3, -0.25) is 0 Å². The van der Waals surface area contributed by atoms with Crippen molar-refractivity contribution in [1.29, 1.82) is 0 Å². The molecule has 0 aromatic rings. The normalized spacial score (nSPS) is 30.1. The molecule has 1 aliphatic carbocycles. The Labute approximate surface area is 133 Å². The topological polar surface area (TPSA) is 0 Å². The van der Waals surface area contributed by atoms with E-state index in [0.717, 1.165) is 17.9 Å². The Morgan fingerprint density at radius 3 is 2.05 bits per heavy atom. The van der Waals surface area contributed by atoms with E-state index in [2.05, 4.69) is 34.9 Å². The van der Waals surface area contributed by atoms with E-state index in [1.54, 1.807) is 0 Å². The Hall–Kier alpha value is -0.0800. The van der Waals surface area contributed by atoms with Crippen LogP contribution in [0.25, 0.3) is 0 Å². The smallest absolute Gasteiger partial charge is 0.0862 e. The third-order valence-electron chi connectivity index (χ3n) is 7.28. The van der Waals surface area contributed by atoms with Crippen molar-refractivity contribution in [2.75, 3.05) is 46.8 Å². The molecule has 1 aliphatic heterocycles. The first-order chi connectivity index (χ1) is 9.92. The Kier molecular flexibility index (Phi) is 5.76. The monoisotopic (exact) mass is 296 g/mol. The Bertz CT molecular complexity index is 308. The van der Waals surface area contributed by atoms with Gasteiger partial charge in [0.1, 0.15) is 0 Å². The minimum absolute atomic E-state index is 0.859. The number of quaternary nitrogens is 2. The zero-order valence-electron chi connectivity index (χ0n) is 15.4. The summed E-state index contributed by atoms with van der Waals surface area (Å²) in [7, 11) is 4.97. The second-order valence-corrected chi connectivity index (χ2v) is 8.62. The first-order valence-corrected chi connectivity index (χ1v) is 9.60. The zero-order valence-corrected chi connectivity index (χ0v) is 15.4. The molecule has 0 unspecified atom stereocenters. The maximum absolute atomic E-state index is 2.55. The number of rotatable bonds is 7. The molecule has 0 bridgehead atoms. The summed E-state index contributed by atoms with van der Waals surface area (Å²) in [6.45, 7) is 14.1. The number of hydrogen-bond acceptors (Lipinski definition) is 0. The van der Waals surface area contributed by atoms with Gasteiger partial charge in [0.25, 0.3) is 0 Å². The van der Waals surface area contributed by atoms with Crippen molar-refractivity contribution in [1.82, 2.24) is 0 Å². The molecule has 124 valence electrons. The lowest BCUT2D eigenvalue weighted by atomic mass is 9.82. The summed E-state index contributed by atoms with van der Waals surface area (Å²) in [5.41, 5.74) is 0. The third kappa shape index (κ3) is 4.01. The molecule has 3 atom stereocenters. The van der Waals surface area contributed by atoms with Gasteiger partial charge in [0, 0.05) is 24.7 Å². The highest BCUT2D eigenvalue weighted by molar-refractivity contribution is 4.81. The van der Waals surface area contributed by atoms with Crippen LogP contribution >= 0.6 is 0 Å². The van der Waals surface area contributed by atoms with Crippen molar-refractivity contribution in [3.8, 4) is 0 Å². The van der Waals surface area contributed by atoms with Gasteiger partial charge < -0.3 is 8.97 Å². The Morgan fingerprint density at radius 1 is 1.05 bits per heavy atom. The lowest BCUT2D eigenvalue weighted by Crippen LogP contribution is -2.50. The van der Waals surface area contributed by atoms with Crippen molar-refractivity contribution in [2.45, 2.75) is 65.3 Å². The van der Waals surface area contributed by atoms with Gasteiger partial charge in [0.15, 0.2) is 0 Å². The molecule has 0 radical (unpaired) electrons. The molecule has 2 aliphatic rings. The number of likely N-dealkylation sites (tertiary alicyclic amines) is 1. The van der Waals surface area contributed by atoms with Crippen molar-refractivity contribution < 1.29 is 8.97 Å². The molecule has 0 amide bonds. The maximum Gasteiger partial charge on any atom is 0.0862 e. The Morgan fingerprint density at radius 2 is 1.57 bits per heavy atom. The van der Waals surface area contributed by atoms with Gasteiger partial charge in [0.05, 0.1) is 52.9 Å². The van der Waals surface area contributed by atoms with Crippen molar-refractivity contribution >= 4 is 0 Å². The molecule has 1 saturated carbocycles. The highest BCUT2D eigenvalue weighted by Crippen LogP contribution is 2.40. The quantitative estimate of drug-likeness (QED) is 0.625. The van der Waals surface area contributed by atoms with Gasteiger partial charge >= 0.3 is 0 Å². The van der Waals surface area contributed by atoms with Crippen LogP contribution in [0.1, 0.15) is 59.3 Å². The lowest BCUT2D eigenvalue weighted by Gasteiger charge is -2.38. The van der Waals surface area contributed by atoms with Gasteiger partial charge in [-0.1, -0.05) is 12.8 Å². The van der Waals surface area contributed by atoms with Crippen LogP contribution in [-0.2, 0) is 0 Å². The molecule has 2 rings (SSSR count). The van der Waals surface area contributed by atoms with E-state index in [4.69, 9.17) is 0 Å². The van der Waals surface area contributed by atoms with Crippen LogP contribution in [0, 0.1) is 11.8 Å². The zero-order chi connectivity index (χ0) is 15.5.